The van der Waals surface area contributed by atoms with Gasteiger partial charge in [0.25, 0.3) is 0 Å². The van der Waals surface area contributed by atoms with E-state index in [9.17, 15) is 0 Å². The van der Waals surface area contributed by atoms with E-state index in [0.29, 0.717) is 5.92 Å². The quantitative estimate of drug-likeness (QED) is 0.811. The normalized spacial score (nSPS) is 17.7. The van der Waals surface area contributed by atoms with Gasteiger partial charge in [0.1, 0.15) is 0 Å². The monoisotopic (exact) mass is 269 g/mol. The Bertz CT molecular complexity index is 529. The lowest BCUT2D eigenvalue weighted by Gasteiger charge is -2.23. The fraction of sp³-hybridized carbons (Fsp3) is 0.294. The molecule has 3 rings (SSSR count). The molecule has 19 heavy (non-hydrogen) atoms. The van der Waals surface area contributed by atoms with Crippen molar-refractivity contribution in [1.82, 2.24) is 4.90 Å². The van der Waals surface area contributed by atoms with E-state index in [1.54, 1.807) is 0 Å². The molecule has 2 aromatic carbocycles. The van der Waals surface area contributed by atoms with Crippen LogP contribution < -0.4 is 0 Å². The maximum Gasteiger partial charge on any atom is 0.0235 e. The standard InChI is InChI=1S/C17H19NS/c1-18(2)11-16-14-8-4-3-7-13(14)12-19-17-10-6-5-9-15(16)17/h3-10,16H,11-12H2,1-2H3/t16-/m0/s1. The second-order valence-electron chi connectivity index (χ2n) is 5.34. The summed E-state index contributed by atoms with van der Waals surface area (Å²) in [6, 6.07) is 17.8. The van der Waals surface area contributed by atoms with Crippen molar-refractivity contribution in [2.24, 2.45) is 0 Å². The van der Waals surface area contributed by atoms with Gasteiger partial charge in [0.15, 0.2) is 0 Å². The molecule has 0 bridgehead atoms. The molecule has 0 amide bonds. The maximum atomic E-state index is 2.30. The van der Waals surface area contributed by atoms with Crippen LogP contribution in [0.1, 0.15) is 22.6 Å². The Morgan fingerprint density at radius 3 is 2.47 bits per heavy atom. The van der Waals surface area contributed by atoms with E-state index in [0.717, 1.165) is 12.3 Å². The summed E-state index contributed by atoms with van der Waals surface area (Å²) in [5.41, 5.74) is 4.45. The predicted molar refractivity (Wildman–Crippen MR) is 82.8 cm³/mol. The Morgan fingerprint density at radius 2 is 1.68 bits per heavy atom. The molecule has 1 atom stereocenters. The molecule has 1 aliphatic heterocycles. The SMILES string of the molecule is CN(C)C[C@H]1c2ccccc2CSc2ccccc21. The minimum Gasteiger partial charge on any atom is -0.308 e. The predicted octanol–water partition coefficient (Wildman–Crippen LogP) is 3.99. The first kappa shape index (κ1) is 12.8. The molecular weight excluding hydrogens is 250 g/mol. The number of nitrogens with zero attached hydrogens (tertiary/aromatic N) is 1. The third-order valence-corrected chi connectivity index (χ3v) is 4.79. The van der Waals surface area contributed by atoms with Crippen molar-refractivity contribution in [3.63, 3.8) is 0 Å². The van der Waals surface area contributed by atoms with Crippen LogP contribution in [-0.4, -0.2) is 25.5 Å². The van der Waals surface area contributed by atoms with Gasteiger partial charge < -0.3 is 4.90 Å². The van der Waals surface area contributed by atoms with E-state index in [1.807, 2.05) is 11.8 Å². The van der Waals surface area contributed by atoms with E-state index >= 15 is 0 Å². The molecule has 98 valence electrons. The summed E-state index contributed by atoms with van der Waals surface area (Å²) < 4.78 is 0. The zero-order chi connectivity index (χ0) is 13.2. The van der Waals surface area contributed by atoms with Gasteiger partial charge in [-0.15, -0.1) is 11.8 Å². The minimum absolute atomic E-state index is 0.484. The molecule has 0 saturated heterocycles. The summed E-state index contributed by atoms with van der Waals surface area (Å²) >= 11 is 1.96. The molecule has 0 N–H and O–H groups in total. The van der Waals surface area contributed by atoms with Crippen molar-refractivity contribution in [3.05, 3.63) is 65.2 Å². The third-order valence-electron chi connectivity index (χ3n) is 3.66. The average molecular weight is 269 g/mol. The van der Waals surface area contributed by atoms with Crippen LogP contribution in [-0.2, 0) is 5.75 Å². The van der Waals surface area contributed by atoms with E-state index in [2.05, 4.69) is 67.5 Å². The van der Waals surface area contributed by atoms with Crippen LogP contribution in [0.15, 0.2) is 53.4 Å². The molecule has 2 aromatic rings. The van der Waals surface area contributed by atoms with Crippen LogP contribution in [0.5, 0.6) is 0 Å². The first-order chi connectivity index (χ1) is 9.25. The second kappa shape index (κ2) is 5.40. The first-order valence-electron chi connectivity index (χ1n) is 6.70. The second-order valence-corrected chi connectivity index (χ2v) is 6.36. The number of fused-ring (bicyclic) bond motifs is 2. The van der Waals surface area contributed by atoms with Gasteiger partial charge in [-0.3, -0.25) is 0 Å². The van der Waals surface area contributed by atoms with E-state index < -0.39 is 0 Å². The van der Waals surface area contributed by atoms with Crippen molar-refractivity contribution in [2.45, 2.75) is 16.6 Å². The molecule has 0 aromatic heterocycles. The van der Waals surface area contributed by atoms with Crippen LogP contribution in [0.4, 0.5) is 0 Å². The molecule has 0 saturated carbocycles. The summed E-state index contributed by atoms with van der Waals surface area (Å²) in [6.45, 7) is 1.06. The van der Waals surface area contributed by atoms with Gasteiger partial charge in [-0.2, -0.15) is 0 Å². The van der Waals surface area contributed by atoms with Crippen LogP contribution in [0.25, 0.3) is 0 Å². The molecule has 1 heterocycles. The van der Waals surface area contributed by atoms with E-state index in [-0.39, 0.29) is 0 Å². The fourth-order valence-corrected chi connectivity index (χ4v) is 3.92. The fourth-order valence-electron chi connectivity index (χ4n) is 2.79. The average Bonchev–Trinajstić information content (AvgIpc) is 2.57. The summed E-state index contributed by atoms with van der Waals surface area (Å²) in [4.78, 5) is 3.72. The number of hydrogen-bond donors (Lipinski definition) is 0. The van der Waals surface area contributed by atoms with Crippen molar-refractivity contribution in [3.8, 4) is 0 Å². The maximum absolute atomic E-state index is 2.30. The lowest BCUT2D eigenvalue weighted by atomic mass is 9.88. The van der Waals surface area contributed by atoms with Gasteiger partial charge in [0.05, 0.1) is 0 Å². The topological polar surface area (TPSA) is 3.24 Å². The molecule has 0 unspecified atom stereocenters. The summed E-state index contributed by atoms with van der Waals surface area (Å²) in [5.74, 6) is 1.56. The summed E-state index contributed by atoms with van der Waals surface area (Å²) in [7, 11) is 4.31. The minimum atomic E-state index is 0.484. The Kier molecular flexibility index (Phi) is 3.63. The van der Waals surface area contributed by atoms with Gasteiger partial charge in [-0.25, -0.2) is 0 Å². The van der Waals surface area contributed by atoms with Gasteiger partial charge in [-0.1, -0.05) is 42.5 Å². The van der Waals surface area contributed by atoms with E-state index in [4.69, 9.17) is 0 Å². The molecule has 0 fully saturated rings. The lowest BCUT2D eigenvalue weighted by molar-refractivity contribution is 0.390. The number of likely N-dealkylation sites (N-methyl/N-ethyl adjacent to an activating group) is 1. The Hall–Kier alpha value is -1.25. The van der Waals surface area contributed by atoms with Crippen molar-refractivity contribution in [1.29, 1.82) is 0 Å². The van der Waals surface area contributed by atoms with Gasteiger partial charge in [0, 0.05) is 23.1 Å². The summed E-state index contributed by atoms with van der Waals surface area (Å²) in [6.07, 6.45) is 0. The summed E-state index contributed by atoms with van der Waals surface area (Å²) in [5, 5.41) is 0. The molecular formula is C17H19NS. The molecule has 0 spiro atoms. The Morgan fingerprint density at radius 1 is 1.00 bits per heavy atom. The lowest BCUT2D eigenvalue weighted by Crippen LogP contribution is -2.21. The molecule has 0 radical (unpaired) electrons. The number of benzene rings is 2. The highest BCUT2D eigenvalue weighted by molar-refractivity contribution is 7.98. The molecule has 2 heteroatoms. The highest BCUT2D eigenvalue weighted by Crippen LogP contribution is 2.40. The van der Waals surface area contributed by atoms with Crippen LogP contribution in [0.3, 0.4) is 0 Å². The molecule has 0 aliphatic carbocycles. The number of rotatable bonds is 2. The molecule has 1 aliphatic rings. The van der Waals surface area contributed by atoms with Crippen LogP contribution in [0, 0.1) is 0 Å². The number of thioether (sulfide) groups is 1. The zero-order valence-corrected chi connectivity index (χ0v) is 12.3. The van der Waals surface area contributed by atoms with Gasteiger partial charge in [-0.05, 0) is 36.9 Å². The van der Waals surface area contributed by atoms with E-state index in [1.165, 1.54) is 21.6 Å². The zero-order valence-electron chi connectivity index (χ0n) is 11.5. The first-order valence-corrected chi connectivity index (χ1v) is 7.68. The smallest absolute Gasteiger partial charge is 0.0235 e. The van der Waals surface area contributed by atoms with Crippen LogP contribution >= 0.6 is 11.8 Å². The van der Waals surface area contributed by atoms with Crippen molar-refractivity contribution in [2.75, 3.05) is 20.6 Å². The largest absolute Gasteiger partial charge is 0.308 e. The van der Waals surface area contributed by atoms with Crippen molar-refractivity contribution < 1.29 is 0 Å². The molecule has 1 nitrogen and oxygen atoms in total. The Balaban J connectivity index is 2.13. The van der Waals surface area contributed by atoms with Gasteiger partial charge in [0.2, 0.25) is 0 Å². The van der Waals surface area contributed by atoms with Gasteiger partial charge >= 0.3 is 0 Å². The number of hydrogen-bond acceptors (Lipinski definition) is 2. The van der Waals surface area contributed by atoms with Crippen molar-refractivity contribution >= 4 is 11.8 Å². The highest BCUT2D eigenvalue weighted by atomic mass is 32.2. The highest BCUT2D eigenvalue weighted by Gasteiger charge is 2.23. The Labute approximate surface area is 119 Å². The third kappa shape index (κ3) is 2.56. The van der Waals surface area contributed by atoms with Crippen LogP contribution in [0.2, 0.25) is 0 Å².